The van der Waals surface area contributed by atoms with E-state index in [9.17, 15) is 4.79 Å². The Kier molecular flexibility index (Phi) is 4.21. The summed E-state index contributed by atoms with van der Waals surface area (Å²) in [5, 5.41) is 8.19. The molecule has 0 aliphatic heterocycles. The van der Waals surface area contributed by atoms with E-state index in [1.165, 1.54) is 0 Å². The third-order valence-corrected chi connectivity index (χ3v) is 2.54. The van der Waals surface area contributed by atoms with Gasteiger partial charge in [0.15, 0.2) is 0 Å². The summed E-state index contributed by atoms with van der Waals surface area (Å²) in [5.74, 6) is 0.316. The van der Waals surface area contributed by atoms with Gasteiger partial charge in [0.05, 0.1) is 5.69 Å². The molecule has 0 unspecified atom stereocenters. The third kappa shape index (κ3) is 3.76. The first-order valence-corrected chi connectivity index (χ1v) is 5.86. The minimum Gasteiger partial charge on any atom is -0.300 e. The second-order valence-corrected chi connectivity index (χ2v) is 5.11. The van der Waals surface area contributed by atoms with Gasteiger partial charge in [0.25, 0.3) is 0 Å². The van der Waals surface area contributed by atoms with E-state index in [2.05, 4.69) is 31.1 Å². The molecule has 4 nitrogen and oxygen atoms in total. The zero-order chi connectivity index (χ0) is 12.2. The summed E-state index contributed by atoms with van der Waals surface area (Å²) in [6.45, 7) is 9.01. The highest BCUT2D eigenvalue weighted by Gasteiger charge is 2.17. The Hall–Kier alpha value is -1.19. The Morgan fingerprint density at radius 2 is 2.12 bits per heavy atom. The fraction of sp³-hybridized carbons (Fsp3) is 0.750. The number of hydrogen-bond donors (Lipinski definition) is 0. The number of carbonyl (C=O) groups is 1. The van der Waals surface area contributed by atoms with Gasteiger partial charge in [0.2, 0.25) is 0 Å². The maximum Gasteiger partial charge on any atom is 0.132 e. The molecule has 0 spiro atoms. The van der Waals surface area contributed by atoms with E-state index in [1.54, 1.807) is 0 Å². The average Bonchev–Trinajstić information content (AvgIpc) is 2.65. The van der Waals surface area contributed by atoms with Crippen molar-refractivity contribution in [1.82, 2.24) is 15.0 Å². The molecule has 0 amide bonds. The summed E-state index contributed by atoms with van der Waals surface area (Å²) in [6, 6.07) is 0. The SMILES string of the molecule is CCC(=O)CCCn1cc(C(C)(C)C)nn1. The Morgan fingerprint density at radius 1 is 1.44 bits per heavy atom. The molecule has 0 N–H and O–H groups in total. The third-order valence-electron chi connectivity index (χ3n) is 2.54. The van der Waals surface area contributed by atoms with Crippen LogP contribution in [0.4, 0.5) is 0 Å². The van der Waals surface area contributed by atoms with Crippen LogP contribution in [0, 0.1) is 0 Å². The van der Waals surface area contributed by atoms with Crippen LogP contribution in [0.25, 0.3) is 0 Å². The topological polar surface area (TPSA) is 47.8 Å². The quantitative estimate of drug-likeness (QED) is 0.769. The summed E-state index contributed by atoms with van der Waals surface area (Å²) in [5.41, 5.74) is 1.03. The second-order valence-electron chi connectivity index (χ2n) is 5.11. The van der Waals surface area contributed by atoms with Gasteiger partial charge in [-0.25, -0.2) is 0 Å². The number of hydrogen-bond acceptors (Lipinski definition) is 3. The molecular weight excluding hydrogens is 202 g/mol. The van der Waals surface area contributed by atoms with Crippen molar-refractivity contribution in [2.75, 3.05) is 0 Å². The number of aromatic nitrogens is 3. The zero-order valence-corrected chi connectivity index (χ0v) is 10.7. The summed E-state index contributed by atoms with van der Waals surface area (Å²) in [7, 11) is 0. The van der Waals surface area contributed by atoms with Crippen LogP contribution in [0.15, 0.2) is 6.20 Å². The predicted octanol–water partition coefficient (Wildman–Crippen LogP) is 2.33. The van der Waals surface area contributed by atoms with Gasteiger partial charge in [-0.05, 0) is 6.42 Å². The van der Waals surface area contributed by atoms with Crippen molar-refractivity contribution in [3.8, 4) is 0 Å². The molecule has 1 aromatic heterocycles. The standard InChI is InChI=1S/C12H21N3O/c1-5-10(16)7-6-8-15-9-11(13-14-15)12(2,3)4/h9H,5-8H2,1-4H3. The van der Waals surface area contributed by atoms with Crippen LogP contribution >= 0.6 is 0 Å². The molecule has 4 heteroatoms. The molecule has 0 saturated carbocycles. The van der Waals surface area contributed by atoms with Crippen LogP contribution in [0.2, 0.25) is 0 Å². The molecule has 0 bridgehead atoms. The molecule has 0 aliphatic rings. The first-order chi connectivity index (χ1) is 7.43. The summed E-state index contributed by atoms with van der Waals surface area (Å²) in [4.78, 5) is 11.1. The molecule has 1 rings (SSSR count). The number of aryl methyl sites for hydroxylation is 1. The van der Waals surface area contributed by atoms with Crippen molar-refractivity contribution in [3.63, 3.8) is 0 Å². The zero-order valence-electron chi connectivity index (χ0n) is 10.7. The van der Waals surface area contributed by atoms with Gasteiger partial charge in [-0.15, -0.1) is 5.10 Å². The van der Waals surface area contributed by atoms with E-state index in [1.807, 2.05) is 17.8 Å². The van der Waals surface area contributed by atoms with E-state index in [-0.39, 0.29) is 5.41 Å². The molecule has 0 saturated heterocycles. The Balaban J connectivity index is 2.44. The predicted molar refractivity (Wildman–Crippen MR) is 63.3 cm³/mol. The Morgan fingerprint density at radius 3 is 2.62 bits per heavy atom. The molecule has 1 aromatic rings. The van der Waals surface area contributed by atoms with Gasteiger partial charge in [-0.2, -0.15) is 0 Å². The molecule has 0 atom stereocenters. The summed E-state index contributed by atoms with van der Waals surface area (Å²) >= 11 is 0. The maximum atomic E-state index is 11.1. The number of rotatable bonds is 5. The fourth-order valence-corrected chi connectivity index (χ4v) is 1.37. The largest absolute Gasteiger partial charge is 0.300 e. The Bertz CT molecular complexity index is 349. The highest BCUT2D eigenvalue weighted by Crippen LogP contribution is 2.18. The van der Waals surface area contributed by atoms with Gasteiger partial charge in [-0.3, -0.25) is 9.48 Å². The van der Waals surface area contributed by atoms with Gasteiger partial charge in [0, 0.05) is 31.0 Å². The van der Waals surface area contributed by atoms with Crippen LogP contribution in [0.1, 0.15) is 52.7 Å². The second kappa shape index (κ2) is 5.23. The van der Waals surface area contributed by atoms with Crippen molar-refractivity contribution >= 4 is 5.78 Å². The molecular formula is C12H21N3O. The highest BCUT2D eigenvalue weighted by atomic mass is 16.1. The van der Waals surface area contributed by atoms with E-state index in [0.29, 0.717) is 18.6 Å². The van der Waals surface area contributed by atoms with E-state index in [4.69, 9.17) is 0 Å². The number of carbonyl (C=O) groups excluding carboxylic acids is 1. The van der Waals surface area contributed by atoms with Gasteiger partial charge in [0.1, 0.15) is 5.78 Å². The van der Waals surface area contributed by atoms with Crippen molar-refractivity contribution in [1.29, 1.82) is 0 Å². The van der Waals surface area contributed by atoms with E-state index in [0.717, 1.165) is 18.7 Å². The van der Waals surface area contributed by atoms with Crippen molar-refractivity contribution in [2.45, 2.75) is 58.9 Å². The molecule has 1 heterocycles. The first-order valence-electron chi connectivity index (χ1n) is 5.86. The number of nitrogens with zero attached hydrogens (tertiary/aromatic N) is 3. The number of Topliss-reactive ketones (excluding diaryl/α,β-unsaturated/α-hetero) is 1. The number of ketones is 1. The molecule has 90 valence electrons. The average molecular weight is 223 g/mol. The minimum atomic E-state index is 0.0392. The van der Waals surface area contributed by atoms with Crippen molar-refractivity contribution in [3.05, 3.63) is 11.9 Å². The fourth-order valence-electron chi connectivity index (χ4n) is 1.37. The van der Waals surface area contributed by atoms with Crippen LogP contribution in [-0.2, 0) is 16.8 Å². The smallest absolute Gasteiger partial charge is 0.132 e. The van der Waals surface area contributed by atoms with E-state index < -0.39 is 0 Å². The van der Waals surface area contributed by atoms with Crippen LogP contribution in [-0.4, -0.2) is 20.8 Å². The van der Waals surface area contributed by atoms with Crippen molar-refractivity contribution in [2.24, 2.45) is 0 Å². The molecule has 0 radical (unpaired) electrons. The maximum absolute atomic E-state index is 11.1. The lowest BCUT2D eigenvalue weighted by Gasteiger charge is -2.12. The normalized spacial score (nSPS) is 11.8. The lowest BCUT2D eigenvalue weighted by atomic mass is 9.93. The first kappa shape index (κ1) is 12.9. The van der Waals surface area contributed by atoms with E-state index >= 15 is 0 Å². The minimum absolute atomic E-state index is 0.0392. The molecule has 0 aliphatic carbocycles. The molecule has 0 aromatic carbocycles. The van der Waals surface area contributed by atoms with Crippen LogP contribution in [0.5, 0.6) is 0 Å². The summed E-state index contributed by atoms with van der Waals surface area (Å²) in [6.07, 6.45) is 4.09. The molecule has 16 heavy (non-hydrogen) atoms. The van der Waals surface area contributed by atoms with Gasteiger partial charge < -0.3 is 0 Å². The molecule has 0 fully saturated rings. The Labute approximate surface area is 97.0 Å². The van der Waals surface area contributed by atoms with Crippen molar-refractivity contribution < 1.29 is 4.79 Å². The van der Waals surface area contributed by atoms with Crippen LogP contribution < -0.4 is 0 Å². The lowest BCUT2D eigenvalue weighted by Crippen LogP contribution is -2.11. The van der Waals surface area contributed by atoms with Crippen LogP contribution in [0.3, 0.4) is 0 Å². The highest BCUT2D eigenvalue weighted by molar-refractivity contribution is 5.77. The van der Waals surface area contributed by atoms with Gasteiger partial charge in [-0.1, -0.05) is 32.9 Å². The lowest BCUT2D eigenvalue weighted by molar-refractivity contribution is -0.118. The summed E-state index contributed by atoms with van der Waals surface area (Å²) < 4.78 is 1.82. The monoisotopic (exact) mass is 223 g/mol. The van der Waals surface area contributed by atoms with Gasteiger partial charge >= 0.3 is 0 Å².